The van der Waals surface area contributed by atoms with Gasteiger partial charge in [-0.2, -0.15) is 0 Å². The molecular weight excluding hydrogens is 272 g/mol. The Bertz CT molecular complexity index is 451. The second-order valence-electron chi connectivity index (χ2n) is 4.90. The monoisotopic (exact) mass is 294 g/mol. The van der Waals surface area contributed by atoms with E-state index in [1.165, 1.54) is 6.92 Å². The summed E-state index contributed by atoms with van der Waals surface area (Å²) in [4.78, 5) is 24.2. The van der Waals surface area contributed by atoms with E-state index in [-0.39, 0.29) is 19.6 Å². The Hall–Kier alpha value is -1.88. The van der Waals surface area contributed by atoms with Gasteiger partial charge in [-0.05, 0) is 26.3 Å². The van der Waals surface area contributed by atoms with Crippen molar-refractivity contribution in [3.63, 3.8) is 0 Å². The average molecular weight is 294 g/mol. The standard InChI is InChI=1S/C16H22O5/c1-4-20-14(18)16(3,15(19)21-5-2)11-13(17)12-9-7-6-8-10-12/h6-10,13,17H,4-5,11H2,1-3H3. The Kier molecular flexibility index (Phi) is 6.37. The molecule has 0 saturated carbocycles. The number of benzene rings is 1. The molecule has 116 valence electrons. The zero-order chi connectivity index (χ0) is 15.9. The summed E-state index contributed by atoms with van der Waals surface area (Å²) in [7, 11) is 0. The van der Waals surface area contributed by atoms with Crippen LogP contribution in [0.5, 0.6) is 0 Å². The van der Waals surface area contributed by atoms with Crippen molar-refractivity contribution in [1.29, 1.82) is 0 Å². The van der Waals surface area contributed by atoms with Gasteiger partial charge in [0.25, 0.3) is 0 Å². The number of ether oxygens (including phenoxy) is 2. The normalized spacial score (nSPS) is 12.6. The molecule has 5 nitrogen and oxygen atoms in total. The maximum atomic E-state index is 12.1. The fourth-order valence-electron chi connectivity index (χ4n) is 2.01. The molecule has 0 saturated heterocycles. The smallest absolute Gasteiger partial charge is 0.323 e. The minimum absolute atomic E-state index is 0.0886. The van der Waals surface area contributed by atoms with Crippen molar-refractivity contribution >= 4 is 11.9 Å². The summed E-state index contributed by atoms with van der Waals surface area (Å²) in [6.07, 6.45) is -1.04. The Balaban J connectivity index is 2.96. The zero-order valence-corrected chi connectivity index (χ0v) is 12.7. The number of carbonyl (C=O) groups excluding carboxylic acids is 2. The number of esters is 2. The number of aliphatic hydroxyl groups excluding tert-OH is 1. The Morgan fingerprint density at radius 2 is 1.57 bits per heavy atom. The molecule has 5 heteroatoms. The van der Waals surface area contributed by atoms with E-state index < -0.39 is 23.5 Å². The SMILES string of the molecule is CCOC(=O)C(C)(CC(O)c1ccccc1)C(=O)OCC. The summed E-state index contributed by atoms with van der Waals surface area (Å²) in [5, 5.41) is 10.3. The second-order valence-corrected chi connectivity index (χ2v) is 4.90. The van der Waals surface area contributed by atoms with Crippen LogP contribution in [-0.4, -0.2) is 30.3 Å². The lowest BCUT2D eigenvalue weighted by Gasteiger charge is -2.27. The largest absolute Gasteiger partial charge is 0.465 e. The topological polar surface area (TPSA) is 72.8 Å². The highest BCUT2D eigenvalue weighted by molar-refractivity contribution is 5.99. The van der Waals surface area contributed by atoms with Crippen LogP contribution in [0.15, 0.2) is 30.3 Å². The third kappa shape index (κ3) is 4.29. The van der Waals surface area contributed by atoms with E-state index in [1.54, 1.807) is 38.1 Å². The van der Waals surface area contributed by atoms with Gasteiger partial charge in [0.2, 0.25) is 0 Å². The van der Waals surface area contributed by atoms with Gasteiger partial charge >= 0.3 is 11.9 Å². The summed E-state index contributed by atoms with van der Waals surface area (Å²) in [5.74, 6) is -1.36. The highest BCUT2D eigenvalue weighted by atomic mass is 16.6. The number of hydrogen-bond donors (Lipinski definition) is 1. The van der Waals surface area contributed by atoms with Gasteiger partial charge in [-0.1, -0.05) is 30.3 Å². The van der Waals surface area contributed by atoms with Crippen molar-refractivity contribution in [1.82, 2.24) is 0 Å². The summed E-state index contributed by atoms with van der Waals surface area (Å²) in [6.45, 7) is 5.09. The van der Waals surface area contributed by atoms with Gasteiger partial charge in [0.05, 0.1) is 19.3 Å². The third-order valence-electron chi connectivity index (χ3n) is 3.24. The Morgan fingerprint density at radius 1 is 1.10 bits per heavy atom. The van der Waals surface area contributed by atoms with Gasteiger partial charge in [-0.3, -0.25) is 9.59 Å². The lowest BCUT2D eigenvalue weighted by Crippen LogP contribution is -2.40. The molecule has 0 aliphatic rings. The molecule has 1 N–H and O–H groups in total. The first-order valence-corrected chi connectivity index (χ1v) is 7.03. The molecule has 0 aliphatic heterocycles. The number of aliphatic hydroxyl groups is 1. The molecule has 1 aromatic rings. The van der Waals surface area contributed by atoms with Gasteiger partial charge in [-0.15, -0.1) is 0 Å². The van der Waals surface area contributed by atoms with Crippen LogP contribution in [0.1, 0.15) is 38.9 Å². The van der Waals surface area contributed by atoms with Crippen molar-refractivity contribution < 1.29 is 24.2 Å². The van der Waals surface area contributed by atoms with E-state index in [0.717, 1.165) is 0 Å². The van der Waals surface area contributed by atoms with E-state index in [0.29, 0.717) is 5.56 Å². The van der Waals surface area contributed by atoms with Gasteiger partial charge in [-0.25, -0.2) is 0 Å². The Labute approximate surface area is 124 Å². The van der Waals surface area contributed by atoms with Crippen LogP contribution in [0.25, 0.3) is 0 Å². The van der Waals surface area contributed by atoms with Crippen LogP contribution in [0, 0.1) is 5.41 Å². The molecule has 0 spiro atoms. The number of carbonyl (C=O) groups is 2. The van der Waals surface area contributed by atoms with E-state index in [9.17, 15) is 14.7 Å². The molecule has 1 aromatic carbocycles. The first kappa shape index (κ1) is 17.2. The lowest BCUT2D eigenvalue weighted by molar-refractivity contribution is -0.173. The van der Waals surface area contributed by atoms with Crippen molar-refractivity contribution in [2.24, 2.45) is 5.41 Å². The Morgan fingerprint density at radius 3 is 2.00 bits per heavy atom. The fraction of sp³-hybridized carbons (Fsp3) is 0.500. The predicted octanol–water partition coefficient (Wildman–Crippen LogP) is 2.24. The molecule has 0 heterocycles. The van der Waals surface area contributed by atoms with Crippen LogP contribution in [0.4, 0.5) is 0 Å². The molecule has 0 radical (unpaired) electrons. The molecule has 1 unspecified atom stereocenters. The van der Waals surface area contributed by atoms with Crippen molar-refractivity contribution in [2.45, 2.75) is 33.3 Å². The molecule has 0 aromatic heterocycles. The van der Waals surface area contributed by atoms with Crippen LogP contribution >= 0.6 is 0 Å². The fourth-order valence-corrected chi connectivity index (χ4v) is 2.01. The van der Waals surface area contributed by atoms with Crippen LogP contribution < -0.4 is 0 Å². The van der Waals surface area contributed by atoms with Crippen molar-refractivity contribution in [2.75, 3.05) is 13.2 Å². The van der Waals surface area contributed by atoms with Crippen molar-refractivity contribution in [3.05, 3.63) is 35.9 Å². The van der Waals surface area contributed by atoms with Crippen LogP contribution in [0.2, 0.25) is 0 Å². The second kappa shape index (κ2) is 7.78. The zero-order valence-electron chi connectivity index (χ0n) is 12.7. The molecule has 0 bridgehead atoms. The van der Waals surface area contributed by atoms with Gasteiger partial charge in [0.1, 0.15) is 0 Å². The summed E-state index contributed by atoms with van der Waals surface area (Å²) in [6, 6.07) is 8.87. The lowest BCUT2D eigenvalue weighted by atomic mass is 9.82. The summed E-state index contributed by atoms with van der Waals surface area (Å²) >= 11 is 0. The van der Waals surface area contributed by atoms with E-state index in [1.807, 2.05) is 6.07 Å². The molecule has 0 amide bonds. The van der Waals surface area contributed by atoms with E-state index in [2.05, 4.69) is 0 Å². The van der Waals surface area contributed by atoms with E-state index in [4.69, 9.17) is 9.47 Å². The molecule has 0 aliphatic carbocycles. The van der Waals surface area contributed by atoms with Gasteiger partial charge in [0.15, 0.2) is 5.41 Å². The summed E-state index contributed by atoms with van der Waals surface area (Å²) in [5.41, 5.74) is -0.890. The molecule has 1 rings (SSSR count). The van der Waals surface area contributed by atoms with Gasteiger partial charge in [0, 0.05) is 6.42 Å². The van der Waals surface area contributed by atoms with Gasteiger partial charge < -0.3 is 14.6 Å². The minimum atomic E-state index is -1.53. The van der Waals surface area contributed by atoms with Crippen LogP contribution in [0.3, 0.4) is 0 Å². The van der Waals surface area contributed by atoms with Crippen LogP contribution in [-0.2, 0) is 19.1 Å². The highest BCUT2D eigenvalue weighted by Gasteiger charge is 2.45. The minimum Gasteiger partial charge on any atom is -0.465 e. The molecular formula is C16H22O5. The average Bonchev–Trinajstić information content (AvgIpc) is 2.48. The molecule has 1 atom stereocenters. The van der Waals surface area contributed by atoms with Crippen molar-refractivity contribution in [3.8, 4) is 0 Å². The first-order valence-electron chi connectivity index (χ1n) is 7.03. The predicted molar refractivity (Wildman–Crippen MR) is 77.4 cm³/mol. The molecule has 0 fully saturated rings. The van der Waals surface area contributed by atoms with E-state index >= 15 is 0 Å². The maximum absolute atomic E-state index is 12.1. The third-order valence-corrected chi connectivity index (χ3v) is 3.24. The molecule has 21 heavy (non-hydrogen) atoms. The number of hydrogen-bond acceptors (Lipinski definition) is 5. The first-order chi connectivity index (χ1) is 9.95. The maximum Gasteiger partial charge on any atom is 0.323 e. The summed E-state index contributed by atoms with van der Waals surface area (Å²) < 4.78 is 9.92. The quantitative estimate of drug-likeness (QED) is 0.617. The highest BCUT2D eigenvalue weighted by Crippen LogP contribution is 2.33. The number of rotatable bonds is 7.